The Morgan fingerprint density at radius 3 is 2.60 bits per heavy atom. The van der Waals surface area contributed by atoms with E-state index in [0.717, 1.165) is 18.7 Å². The highest BCUT2D eigenvalue weighted by Gasteiger charge is 2.24. The highest BCUT2D eigenvalue weighted by molar-refractivity contribution is 5.31. The molecular weight excluding hydrogens is 270 g/mol. The van der Waals surface area contributed by atoms with Crippen molar-refractivity contribution < 1.29 is 17.1 Å². The highest BCUT2D eigenvalue weighted by Crippen LogP contribution is 2.32. The maximum absolute atomic E-state index is 5.22. The predicted octanol–water partition coefficient (Wildman–Crippen LogP) is 0.474. The van der Waals surface area contributed by atoms with Gasteiger partial charge in [-0.3, -0.25) is 0 Å². The number of halogens is 1. The van der Waals surface area contributed by atoms with Crippen LogP contribution in [0.15, 0.2) is 35.4 Å². The summed E-state index contributed by atoms with van der Waals surface area (Å²) in [5, 5.41) is 3.71. The lowest BCUT2D eigenvalue weighted by Crippen LogP contribution is -3.00. The molecule has 0 unspecified atom stereocenters. The van der Waals surface area contributed by atoms with Gasteiger partial charge in [0.05, 0.1) is 7.11 Å². The molecule has 1 atom stereocenters. The fourth-order valence-electron chi connectivity index (χ4n) is 3.41. The number of benzene rings is 1. The molecule has 0 bridgehead atoms. The summed E-state index contributed by atoms with van der Waals surface area (Å²) >= 11 is 0. The second-order valence-electron chi connectivity index (χ2n) is 5.64. The molecule has 0 aromatic heterocycles. The molecule has 1 aromatic rings. The van der Waals surface area contributed by atoms with Gasteiger partial charge in [-0.05, 0) is 62.8 Å². The van der Waals surface area contributed by atoms with Crippen molar-refractivity contribution in [2.45, 2.75) is 44.6 Å². The monoisotopic (exact) mass is 292 g/mol. The summed E-state index contributed by atoms with van der Waals surface area (Å²) < 4.78 is 5.22. The van der Waals surface area contributed by atoms with E-state index in [1.54, 1.807) is 18.3 Å². The molecule has 3 rings (SSSR count). The van der Waals surface area contributed by atoms with Crippen LogP contribution in [-0.4, -0.2) is 19.7 Å². The van der Waals surface area contributed by atoms with Crippen LogP contribution < -0.4 is 22.5 Å². The summed E-state index contributed by atoms with van der Waals surface area (Å²) in [4.78, 5) is 0. The molecule has 1 aliphatic heterocycles. The minimum absolute atomic E-state index is 0. The van der Waals surface area contributed by atoms with E-state index in [1.165, 1.54) is 37.7 Å². The number of hydrogen-bond acceptors (Lipinski definition) is 2. The van der Waals surface area contributed by atoms with Crippen molar-refractivity contribution in [3.8, 4) is 5.75 Å². The first kappa shape index (κ1) is 15.4. The summed E-state index contributed by atoms with van der Waals surface area (Å²) in [5.41, 5.74) is 4.87. The maximum Gasteiger partial charge on any atom is 0.118 e. The predicted molar refractivity (Wildman–Crippen MR) is 78.6 cm³/mol. The van der Waals surface area contributed by atoms with E-state index in [2.05, 4.69) is 29.6 Å². The molecule has 1 N–H and O–H groups in total. The van der Waals surface area contributed by atoms with Crippen molar-refractivity contribution in [1.29, 1.82) is 0 Å². The average molecular weight is 293 g/mol. The Labute approximate surface area is 128 Å². The largest absolute Gasteiger partial charge is 1.00 e. The Morgan fingerprint density at radius 1 is 1.10 bits per heavy atom. The van der Waals surface area contributed by atoms with Crippen LogP contribution in [-0.2, 0) is 6.42 Å². The smallest absolute Gasteiger partial charge is 0.118 e. The van der Waals surface area contributed by atoms with Crippen LogP contribution in [0.5, 0.6) is 5.75 Å². The Balaban J connectivity index is 0.00000147. The lowest BCUT2D eigenvalue weighted by molar-refractivity contribution is -0.00000430. The third-order valence-corrected chi connectivity index (χ3v) is 4.47. The van der Waals surface area contributed by atoms with Crippen molar-refractivity contribution >= 4 is 0 Å². The Hall–Kier alpha value is -0.990. The van der Waals surface area contributed by atoms with Gasteiger partial charge in [-0.1, -0.05) is 23.3 Å². The summed E-state index contributed by atoms with van der Waals surface area (Å²) in [7, 11) is 1.72. The number of ether oxygens (including phenoxy) is 1. The Morgan fingerprint density at radius 2 is 1.85 bits per heavy atom. The fourth-order valence-corrected chi connectivity index (χ4v) is 3.41. The molecule has 3 heteroatoms. The zero-order valence-electron chi connectivity index (χ0n) is 12.1. The molecule has 1 aromatic carbocycles. The summed E-state index contributed by atoms with van der Waals surface area (Å²) in [6.45, 7) is 1.15. The summed E-state index contributed by atoms with van der Waals surface area (Å²) in [6.07, 6.45) is 7.81. The van der Waals surface area contributed by atoms with E-state index in [9.17, 15) is 0 Å². The summed E-state index contributed by atoms with van der Waals surface area (Å²) in [6, 6.07) is 9.08. The van der Waals surface area contributed by atoms with Gasteiger partial charge in [-0.2, -0.15) is 0 Å². The van der Waals surface area contributed by atoms with Crippen LogP contribution in [0.2, 0.25) is 0 Å². The third-order valence-electron chi connectivity index (χ3n) is 4.47. The zero-order valence-corrected chi connectivity index (χ0v) is 12.9. The van der Waals surface area contributed by atoms with Gasteiger partial charge in [0, 0.05) is 6.04 Å². The standard InChI is InChI=1S/C17H23NO.ClH/c1-19-15-8-6-13(7-9-15)12-17-16-5-3-2-4-14(16)10-11-18-17;/h6-9,17-18H,2-5,10-12H2,1H3;1H/p-1/t17-;/m1./s1. The van der Waals surface area contributed by atoms with Gasteiger partial charge in [0.15, 0.2) is 0 Å². The van der Waals surface area contributed by atoms with Gasteiger partial charge < -0.3 is 22.5 Å². The lowest BCUT2D eigenvalue weighted by Gasteiger charge is -2.33. The average Bonchev–Trinajstić information content (AvgIpc) is 2.48. The molecule has 0 amide bonds. The second-order valence-corrected chi connectivity index (χ2v) is 5.64. The van der Waals surface area contributed by atoms with Crippen LogP contribution in [0.1, 0.15) is 37.7 Å². The van der Waals surface area contributed by atoms with Crippen LogP contribution in [0.25, 0.3) is 0 Å². The third kappa shape index (κ3) is 3.36. The topological polar surface area (TPSA) is 21.3 Å². The molecule has 1 heterocycles. The molecule has 20 heavy (non-hydrogen) atoms. The minimum Gasteiger partial charge on any atom is -1.00 e. The van der Waals surface area contributed by atoms with Gasteiger partial charge >= 0.3 is 0 Å². The molecule has 2 aliphatic rings. The van der Waals surface area contributed by atoms with E-state index in [-0.39, 0.29) is 12.4 Å². The number of nitrogens with one attached hydrogen (secondary N) is 1. The van der Waals surface area contributed by atoms with Gasteiger partial charge in [0.1, 0.15) is 5.75 Å². The quantitative estimate of drug-likeness (QED) is 0.818. The van der Waals surface area contributed by atoms with Crippen LogP contribution >= 0.6 is 0 Å². The second kappa shape index (κ2) is 7.14. The van der Waals surface area contributed by atoms with Gasteiger partial charge in [0.25, 0.3) is 0 Å². The first-order chi connectivity index (χ1) is 9.36. The number of rotatable bonds is 3. The zero-order chi connectivity index (χ0) is 13.1. The van der Waals surface area contributed by atoms with Crippen molar-refractivity contribution in [2.75, 3.05) is 13.7 Å². The molecule has 0 fully saturated rings. The molecule has 2 nitrogen and oxygen atoms in total. The van der Waals surface area contributed by atoms with Gasteiger partial charge in [-0.25, -0.2) is 0 Å². The first-order valence-corrected chi connectivity index (χ1v) is 7.44. The van der Waals surface area contributed by atoms with Crippen LogP contribution in [0.4, 0.5) is 0 Å². The highest BCUT2D eigenvalue weighted by atomic mass is 35.5. The number of methoxy groups -OCH3 is 1. The molecule has 0 saturated heterocycles. The van der Waals surface area contributed by atoms with Crippen molar-refractivity contribution in [3.05, 3.63) is 41.0 Å². The van der Waals surface area contributed by atoms with E-state index in [0.29, 0.717) is 6.04 Å². The van der Waals surface area contributed by atoms with Crippen LogP contribution in [0, 0.1) is 0 Å². The molecule has 110 valence electrons. The van der Waals surface area contributed by atoms with Crippen molar-refractivity contribution in [2.24, 2.45) is 0 Å². The maximum atomic E-state index is 5.22. The Bertz CT molecular complexity index is 462. The van der Waals surface area contributed by atoms with Crippen molar-refractivity contribution in [1.82, 2.24) is 5.32 Å². The Kier molecular flexibility index (Phi) is 5.50. The molecule has 0 saturated carbocycles. The van der Waals surface area contributed by atoms with Gasteiger partial charge in [-0.15, -0.1) is 0 Å². The van der Waals surface area contributed by atoms with Gasteiger partial charge in [0.2, 0.25) is 0 Å². The van der Waals surface area contributed by atoms with E-state index >= 15 is 0 Å². The fraction of sp³-hybridized carbons (Fsp3) is 0.529. The normalized spacial score (nSPS) is 21.9. The summed E-state index contributed by atoms with van der Waals surface area (Å²) in [5.74, 6) is 0.943. The molecule has 1 aliphatic carbocycles. The van der Waals surface area contributed by atoms with E-state index < -0.39 is 0 Å². The van der Waals surface area contributed by atoms with Crippen molar-refractivity contribution in [3.63, 3.8) is 0 Å². The van der Waals surface area contributed by atoms with E-state index in [4.69, 9.17) is 4.74 Å². The molecule has 0 radical (unpaired) electrons. The SMILES string of the molecule is COc1ccc(C[C@H]2NCCC3=C2CCCC3)cc1.[Cl-]. The van der Waals surface area contributed by atoms with Crippen LogP contribution in [0.3, 0.4) is 0 Å². The lowest BCUT2D eigenvalue weighted by atomic mass is 9.81. The number of hydrogen-bond donors (Lipinski definition) is 1. The molecular formula is C17H23ClNO-. The first-order valence-electron chi connectivity index (χ1n) is 7.44. The minimum atomic E-state index is 0. The van der Waals surface area contributed by atoms with E-state index in [1.807, 2.05) is 0 Å². The molecule has 0 spiro atoms.